The average Bonchev–Trinajstić information content (AvgIpc) is 2.63. The third-order valence-corrected chi connectivity index (χ3v) is 3.55. The number of amides is 1. The number of hydrogen-bond donors (Lipinski definition) is 0. The summed E-state index contributed by atoms with van der Waals surface area (Å²) in [4.78, 5) is 25.5. The molecule has 0 spiro atoms. The fourth-order valence-corrected chi connectivity index (χ4v) is 2.52. The van der Waals surface area contributed by atoms with Crippen LogP contribution in [0.5, 0.6) is 5.75 Å². The monoisotopic (exact) mass is 259 g/mol. The van der Waals surface area contributed by atoms with Gasteiger partial charge in [0.2, 0.25) is 6.23 Å². The zero-order valence-corrected chi connectivity index (χ0v) is 10.5. The van der Waals surface area contributed by atoms with Crippen LogP contribution in [0.3, 0.4) is 0 Å². The van der Waals surface area contributed by atoms with E-state index in [0.717, 1.165) is 0 Å². The van der Waals surface area contributed by atoms with Crippen LogP contribution in [0.1, 0.15) is 25.1 Å². The summed E-state index contributed by atoms with van der Waals surface area (Å²) in [7, 11) is 0. The molecule has 5 nitrogen and oxygen atoms in total. The minimum Gasteiger partial charge on any atom is -0.435 e. The van der Waals surface area contributed by atoms with E-state index in [9.17, 15) is 9.59 Å². The number of para-hydroxylation sites is 1. The van der Waals surface area contributed by atoms with Crippen LogP contribution in [0, 0.1) is 0 Å². The maximum absolute atomic E-state index is 12.1. The second kappa shape index (κ2) is 3.85. The normalized spacial score (nSPS) is 28.3. The molecule has 3 rings (SSSR count). The molecule has 5 heteroatoms. The second-order valence-electron chi connectivity index (χ2n) is 4.80. The Bertz CT molecular complexity index is 583. The number of carbonyl (C=O) groups is 2. The van der Waals surface area contributed by atoms with Crippen molar-refractivity contribution in [1.29, 1.82) is 0 Å². The van der Waals surface area contributed by atoms with Crippen molar-refractivity contribution in [2.24, 2.45) is 0 Å². The van der Waals surface area contributed by atoms with Crippen molar-refractivity contribution >= 4 is 12.1 Å². The Morgan fingerprint density at radius 2 is 2.16 bits per heavy atom. The lowest BCUT2D eigenvalue weighted by Gasteiger charge is -2.35. The molecule has 1 saturated heterocycles. The number of nitrogens with zero attached hydrogens (tertiary/aromatic N) is 1. The lowest BCUT2D eigenvalue weighted by atomic mass is 9.96. The number of ether oxygens (including phenoxy) is 2. The highest BCUT2D eigenvalue weighted by Crippen LogP contribution is 2.46. The molecule has 0 radical (unpaired) electrons. The maximum atomic E-state index is 12.1. The number of hydrogen-bond acceptors (Lipinski definition) is 4. The van der Waals surface area contributed by atoms with Crippen molar-refractivity contribution in [3.8, 4) is 5.75 Å². The van der Waals surface area contributed by atoms with E-state index in [1.165, 1.54) is 4.90 Å². The summed E-state index contributed by atoms with van der Waals surface area (Å²) in [6.07, 6.45) is 0.630. The molecule has 0 aromatic heterocycles. The molecule has 0 bridgehead atoms. The molecule has 0 saturated carbocycles. The van der Waals surface area contributed by atoms with E-state index >= 15 is 0 Å². The maximum Gasteiger partial charge on any atom is 0.419 e. The second-order valence-corrected chi connectivity index (χ2v) is 4.80. The Morgan fingerprint density at radius 1 is 1.42 bits per heavy atom. The summed E-state index contributed by atoms with van der Waals surface area (Å²) in [6.45, 7) is 5.28. The summed E-state index contributed by atoms with van der Waals surface area (Å²) in [6, 6.07) is 7.04. The predicted molar refractivity (Wildman–Crippen MR) is 66.4 cm³/mol. The zero-order chi connectivity index (χ0) is 13.6. The van der Waals surface area contributed by atoms with Gasteiger partial charge in [-0.05, 0) is 25.5 Å². The van der Waals surface area contributed by atoms with Gasteiger partial charge in [0, 0.05) is 0 Å². The van der Waals surface area contributed by atoms with Crippen LogP contribution < -0.4 is 4.74 Å². The molecule has 2 aliphatic rings. The van der Waals surface area contributed by atoms with Crippen molar-refractivity contribution in [3.05, 3.63) is 42.5 Å². The first-order valence-corrected chi connectivity index (χ1v) is 6.00. The van der Waals surface area contributed by atoms with E-state index in [-0.39, 0.29) is 0 Å². The number of fused-ring (bicyclic) bond motifs is 3. The van der Waals surface area contributed by atoms with Crippen LogP contribution in [0.15, 0.2) is 36.9 Å². The quantitative estimate of drug-likeness (QED) is 0.604. The minimum absolute atomic E-state index is 0.319. The molecule has 0 N–H and O–H groups in total. The Morgan fingerprint density at radius 3 is 2.89 bits per heavy atom. The van der Waals surface area contributed by atoms with Gasteiger partial charge in [0.15, 0.2) is 0 Å². The molecule has 2 heterocycles. The van der Waals surface area contributed by atoms with Crippen molar-refractivity contribution in [3.63, 3.8) is 0 Å². The molecule has 1 amide bonds. The van der Waals surface area contributed by atoms with Crippen LogP contribution in [0.25, 0.3) is 0 Å². The standard InChI is InChI=1S/C14H13NO4/c1-3-8-14(2)12(16)19-11-9-6-4-5-7-10(9)18-13(17)15(11)14/h3-7,11H,1,8H2,2H3/t11-,14-/m1/s1. The fourth-order valence-electron chi connectivity index (χ4n) is 2.52. The van der Waals surface area contributed by atoms with E-state index < -0.39 is 23.8 Å². The summed E-state index contributed by atoms with van der Waals surface area (Å²) in [5.41, 5.74) is -0.375. The van der Waals surface area contributed by atoms with E-state index in [1.54, 1.807) is 31.2 Å². The van der Waals surface area contributed by atoms with Gasteiger partial charge in [0.1, 0.15) is 11.3 Å². The molecule has 2 aliphatic heterocycles. The summed E-state index contributed by atoms with van der Waals surface area (Å²) in [5.74, 6) is -0.00421. The fraction of sp³-hybridized carbons (Fsp3) is 0.286. The van der Waals surface area contributed by atoms with E-state index in [2.05, 4.69) is 6.58 Å². The highest BCUT2D eigenvalue weighted by molar-refractivity contribution is 5.90. The summed E-state index contributed by atoms with van der Waals surface area (Å²) < 4.78 is 10.6. The van der Waals surface area contributed by atoms with Gasteiger partial charge in [0.05, 0.1) is 5.56 Å². The van der Waals surface area contributed by atoms with Gasteiger partial charge in [-0.1, -0.05) is 18.2 Å². The van der Waals surface area contributed by atoms with Crippen LogP contribution in [0.4, 0.5) is 4.79 Å². The highest BCUT2D eigenvalue weighted by Gasteiger charge is 2.57. The van der Waals surface area contributed by atoms with Crippen molar-refractivity contribution < 1.29 is 19.1 Å². The van der Waals surface area contributed by atoms with Gasteiger partial charge in [-0.3, -0.25) is 4.90 Å². The molecule has 19 heavy (non-hydrogen) atoms. The van der Waals surface area contributed by atoms with Gasteiger partial charge in [-0.2, -0.15) is 0 Å². The molecule has 2 atom stereocenters. The summed E-state index contributed by atoms with van der Waals surface area (Å²) in [5, 5.41) is 0. The Hall–Kier alpha value is -2.30. The average molecular weight is 259 g/mol. The molecular weight excluding hydrogens is 246 g/mol. The Kier molecular flexibility index (Phi) is 2.38. The smallest absolute Gasteiger partial charge is 0.419 e. The first-order valence-electron chi connectivity index (χ1n) is 6.00. The highest BCUT2D eigenvalue weighted by atomic mass is 16.6. The Labute approximate surface area is 110 Å². The van der Waals surface area contributed by atoms with Crippen LogP contribution in [-0.4, -0.2) is 22.5 Å². The molecule has 98 valence electrons. The molecule has 1 aromatic carbocycles. The predicted octanol–water partition coefficient (Wildman–Crippen LogP) is 2.39. The van der Waals surface area contributed by atoms with Gasteiger partial charge in [-0.15, -0.1) is 6.58 Å². The molecule has 1 aromatic rings. The van der Waals surface area contributed by atoms with Gasteiger partial charge in [-0.25, -0.2) is 9.59 Å². The van der Waals surface area contributed by atoms with Crippen molar-refractivity contribution in [2.75, 3.05) is 0 Å². The van der Waals surface area contributed by atoms with Crippen molar-refractivity contribution in [2.45, 2.75) is 25.1 Å². The van der Waals surface area contributed by atoms with E-state index in [0.29, 0.717) is 17.7 Å². The SMILES string of the molecule is C=CC[C@]1(C)C(=O)O[C@@H]2c3ccccc3OC(=O)N21. The third-order valence-electron chi connectivity index (χ3n) is 3.55. The first kappa shape index (κ1) is 11.8. The number of benzene rings is 1. The van der Waals surface area contributed by atoms with Crippen molar-refractivity contribution in [1.82, 2.24) is 4.90 Å². The zero-order valence-electron chi connectivity index (χ0n) is 10.5. The van der Waals surface area contributed by atoms with Gasteiger partial charge >= 0.3 is 12.1 Å². The molecule has 0 unspecified atom stereocenters. The topological polar surface area (TPSA) is 55.8 Å². The third kappa shape index (κ3) is 1.47. The first-order chi connectivity index (χ1) is 9.08. The molecule has 1 fully saturated rings. The number of rotatable bonds is 2. The molecule has 0 aliphatic carbocycles. The van der Waals surface area contributed by atoms with Crippen LogP contribution in [-0.2, 0) is 9.53 Å². The van der Waals surface area contributed by atoms with E-state index in [1.807, 2.05) is 6.07 Å². The lowest BCUT2D eigenvalue weighted by Crippen LogP contribution is -2.51. The largest absolute Gasteiger partial charge is 0.435 e. The lowest BCUT2D eigenvalue weighted by molar-refractivity contribution is -0.145. The van der Waals surface area contributed by atoms with E-state index in [4.69, 9.17) is 9.47 Å². The minimum atomic E-state index is -1.06. The number of esters is 1. The van der Waals surface area contributed by atoms with Gasteiger partial charge < -0.3 is 9.47 Å². The van der Waals surface area contributed by atoms with Crippen LogP contribution >= 0.6 is 0 Å². The van der Waals surface area contributed by atoms with Gasteiger partial charge in [0.25, 0.3) is 0 Å². The Balaban J connectivity index is 2.11. The molecular formula is C14H13NO4. The summed E-state index contributed by atoms with van der Waals surface area (Å²) >= 11 is 0. The van der Waals surface area contributed by atoms with Crippen LogP contribution in [0.2, 0.25) is 0 Å². The number of carbonyl (C=O) groups excluding carboxylic acids is 2.